The molecule has 0 saturated carbocycles. The average Bonchev–Trinajstić information content (AvgIpc) is 2.15. The minimum absolute atomic E-state index is 0.0525. The molecule has 0 fully saturated rings. The Morgan fingerprint density at radius 3 is 2.93 bits per heavy atom. The molecule has 1 aromatic carbocycles. The Morgan fingerprint density at radius 1 is 1.50 bits per heavy atom. The standard InChI is InChI=1S/C11H16FNO/c1-3-13-8-9(2)14-11-6-4-5-10(12)7-11/h4-7,9,13H,3,8H2,1-2H3. The van der Waals surface area contributed by atoms with Crippen LogP contribution in [0.15, 0.2) is 24.3 Å². The molecule has 0 amide bonds. The van der Waals surface area contributed by atoms with Crippen LogP contribution in [0, 0.1) is 5.82 Å². The zero-order valence-electron chi connectivity index (χ0n) is 8.59. The number of likely N-dealkylation sites (N-methyl/N-ethyl adjacent to an activating group) is 1. The molecule has 1 atom stereocenters. The number of halogens is 1. The number of ether oxygens (including phenoxy) is 1. The summed E-state index contributed by atoms with van der Waals surface area (Å²) < 4.78 is 18.3. The highest BCUT2D eigenvalue weighted by atomic mass is 19.1. The summed E-state index contributed by atoms with van der Waals surface area (Å²) in [7, 11) is 0. The Labute approximate surface area is 84.1 Å². The maximum Gasteiger partial charge on any atom is 0.126 e. The van der Waals surface area contributed by atoms with Crippen LogP contribution in [0.3, 0.4) is 0 Å². The van der Waals surface area contributed by atoms with Gasteiger partial charge >= 0.3 is 0 Å². The van der Waals surface area contributed by atoms with E-state index in [4.69, 9.17) is 4.74 Å². The highest BCUT2D eigenvalue weighted by Gasteiger charge is 2.03. The van der Waals surface area contributed by atoms with Crippen molar-refractivity contribution in [3.63, 3.8) is 0 Å². The van der Waals surface area contributed by atoms with Crippen molar-refractivity contribution in [2.75, 3.05) is 13.1 Å². The molecule has 1 N–H and O–H groups in total. The first-order valence-corrected chi connectivity index (χ1v) is 4.85. The predicted molar refractivity (Wildman–Crippen MR) is 55.0 cm³/mol. The fraction of sp³-hybridized carbons (Fsp3) is 0.455. The summed E-state index contributed by atoms with van der Waals surface area (Å²) in [6.07, 6.45) is 0.0525. The van der Waals surface area contributed by atoms with Gasteiger partial charge in [-0.1, -0.05) is 13.0 Å². The van der Waals surface area contributed by atoms with E-state index < -0.39 is 0 Å². The molecule has 1 aromatic rings. The molecular weight excluding hydrogens is 181 g/mol. The van der Waals surface area contributed by atoms with E-state index in [0.717, 1.165) is 13.1 Å². The van der Waals surface area contributed by atoms with E-state index in [1.54, 1.807) is 12.1 Å². The van der Waals surface area contributed by atoms with Crippen LogP contribution in [0.5, 0.6) is 5.75 Å². The zero-order valence-corrected chi connectivity index (χ0v) is 8.59. The number of nitrogens with one attached hydrogen (secondary N) is 1. The van der Waals surface area contributed by atoms with Crippen LogP contribution in [0.4, 0.5) is 4.39 Å². The summed E-state index contributed by atoms with van der Waals surface area (Å²) >= 11 is 0. The quantitative estimate of drug-likeness (QED) is 0.781. The normalized spacial score (nSPS) is 12.5. The first-order valence-electron chi connectivity index (χ1n) is 4.85. The second kappa shape index (κ2) is 5.60. The van der Waals surface area contributed by atoms with Gasteiger partial charge in [-0.2, -0.15) is 0 Å². The average molecular weight is 197 g/mol. The van der Waals surface area contributed by atoms with Gasteiger partial charge in [-0.25, -0.2) is 4.39 Å². The van der Waals surface area contributed by atoms with Gasteiger partial charge in [0.15, 0.2) is 0 Å². The lowest BCUT2D eigenvalue weighted by Crippen LogP contribution is -2.28. The lowest BCUT2D eigenvalue weighted by atomic mass is 10.3. The Hall–Kier alpha value is -1.09. The van der Waals surface area contributed by atoms with Gasteiger partial charge in [0.1, 0.15) is 17.7 Å². The molecule has 0 spiro atoms. The first kappa shape index (κ1) is 11.0. The molecule has 0 aliphatic carbocycles. The lowest BCUT2D eigenvalue weighted by Gasteiger charge is -2.14. The van der Waals surface area contributed by atoms with Gasteiger partial charge in [0, 0.05) is 12.6 Å². The van der Waals surface area contributed by atoms with Gasteiger partial charge in [0.05, 0.1) is 0 Å². The predicted octanol–water partition coefficient (Wildman–Crippen LogP) is 2.20. The first-order chi connectivity index (χ1) is 6.72. The molecule has 14 heavy (non-hydrogen) atoms. The van der Waals surface area contributed by atoms with E-state index >= 15 is 0 Å². The molecule has 1 unspecified atom stereocenters. The minimum Gasteiger partial charge on any atom is -0.489 e. The summed E-state index contributed by atoms with van der Waals surface area (Å²) in [5.41, 5.74) is 0. The Balaban J connectivity index is 2.43. The molecule has 0 bridgehead atoms. The van der Waals surface area contributed by atoms with Gasteiger partial charge in [-0.3, -0.25) is 0 Å². The summed E-state index contributed by atoms with van der Waals surface area (Å²) in [5.74, 6) is 0.313. The van der Waals surface area contributed by atoms with Crippen LogP contribution in [-0.4, -0.2) is 19.2 Å². The number of hydrogen-bond acceptors (Lipinski definition) is 2. The SMILES string of the molecule is CCNCC(C)Oc1cccc(F)c1. The fourth-order valence-electron chi connectivity index (χ4n) is 1.16. The van der Waals surface area contributed by atoms with Gasteiger partial charge in [0.25, 0.3) is 0 Å². The Bertz CT molecular complexity index is 278. The molecule has 0 aliphatic heterocycles. The van der Waals surface area contributed by atoms with Gasteiger partial charge in [0.2, 0.25) is 0 Å². The van der Waals surface area contributed by atoms with E-state index in [-0.39, 0.29) is 11.9 Å². The molecular formula is C11H16FNO. The van der Waals surface area contributed by atoms with Crippen molar-refractivity contribution in [3.8, 4) is 5.75 Å². The zero-order chi connectivity index (χ0) is 10.4. The lowest BCUT2D eigenvalue weighted by molar-refractivity contribution is 0.217. The molecule has 1 rings (SSSR count). The molecule has 3 heteroatoms. The van der Waals surface area contributed by atoms with Crippen molar-refractivity contribution in [2.45, 2.75) is 20.0 Å². The van der Waals surface area contributed by atoms with Crippen molar-refractivity contribution in [1.29, 1.82) is 0 Å². The van der Waals surface area contributed by atoms with Crippen LogP contribution in [-0.2, 0) is 0 Å². The summed E-state index contributed by atoms with van der Waals surface area (Å²) in [6.45, 7) is 5.67. The fourth-order valence-corrected chi connectivity index (χ4v) is 1.16. The van der Waals surface area contributed by atoms with Crippen molar-refractivity contribution >= 4 is 0 Å². The third-order valence-electron chi connectivity index (χ3n) is 1.82. The molecule has 0 aliphatic rings. The van der Waals surface area contributed by atoms with Crippen LogP contribution in [0.25, 0.3) is 0 Å². The smallest absolute Gasteiger partial charge is 0.126 e. The minimum atomic E-state index is -0.266. The van der Waals surface area contributed by atoms with Crippen molar-refractivity contribution in [2.24, 2.45) is 0 Å². The van der Waals surface area contributed by atoms with E-state index in [0.29, 0.717) is 5.75 Å². The van der Waals surface area contributed by atoms with Crippen LogP contribution >= 0.6 is 0 Å². The summed E-state index contributed by atoms with van der Waals surface area (Å²) in [6, 6.07) is 6.19. The number of rotatable bonds is 5. The van der Waals surface area contributed by atoms with E-state index in [2.05, 4.69) is 5.32 Å². The second-order valence-corrected chi connectivity index (χ2v) is 3.19. The van der Waals surface area contributed by atoms with Crippen molar-refractivity contribution in [1.82, 2.24) is 5.32 Å². The van der Waals surface area contributed by atoms with Crippen LogP contribution in [0.1, 0.15) is 13.8 Å². The summed E-state index contributed by atoms with van der Waals surface area (Å²) in [5, 5.41) is 3.16. The maximum atomic E-state index is 12.8. The molecule has 0 saturated heterocycles. The molecule has 0 aromatic heterocycles. The topological polar surface area (TPSA) is 21.3 Å². The van der Waals surface area contributed by atoms with Crippen molar-refractivity contribution in [3.05, 3.63) is 30.1 Å². The Morgan fingerprint density at radius 2 is 2.29 bits per heavy atom. The molecule has 0 heterocycles. The largest absolute Gasteiger partial charge is 0.489 e. The molecule has 78 valence electrons. The monoisotopic (exact) mass is 197 g/mol. The van der Waals surface area contributed by atoms with Crippen LogP contribution in [0.2, 0.25) is 0 Å². The number of hydrogen-bond donors (Lipinski definition) is 1. The maximum absolute atomic E-state index is 12.8. The summed E-state index contributed by atoms with van der Waals surface area (Å²) in [4.78, 5) is 0. The number of benzene rings is 1. The van der Waals surface area contributed by atoms with Gasteiger partial charge < -0.3 is 10.1 Å². The van der Waals surface area contributed by atoms with E-state index in [9.17, 15) is 4.39 Å². The second-order valence-electron chi connectivity index (χ2n) is 3.19. The molecule has 0 radical (unpaired) electrons. The van der Waals surface area contributed by atoms with Crippen LogP contribution < -0.4 is 10.1 Å². The highest BCUT2D eigenvalue weighted by molar-refractivity contribution is 5.22. The molecule has 2 nitrogen and oxygen atoms in total. The third kappa shape index (κ3) is 3.75. The van der Waals surface area contributed by atoms with E-state index in [1.165, 1.54) is 12.1 Å². The van der Waals surface area contributed by atoms with Crippen molar-refractivity contribution < 1.29 is 9.13 Å². The third-order valence-corrected chi connectivity index (χ3v) is 1.82. The van der Waals surface area contributed by atoms with E-state index in [1.807, 2.05) is 13.8 Å². The Kier molecular flexibility index (Phi) is 4.40. The highest BCUT2D eigenvalue weighted by Crippen LogP contribution is 2.13. The van der Waals surface area contributed by atoms with Gasteiger partial charge in [-0.15, -0.1) is 0 Å². The van der Waals surface area contributed by atoms with Gasteiger partial charge in [-0.05, 0) is 25.6 Å².